The van der Waals surface area contributed by atoms with Gasteiger partial charge in [0.2, 0.25) is 5.91 Å². The van der Waals surface area contributed by atoms with Crippen LogP contribution >= 0.6 is 23.1 Å². The first kappa shape index (κ1) is 33.8. The summed E-state index contributed by atoms with van der Waals surface area (Å²) in [7, 11) is 1.36. The van der Waals surface area contributed by atoms with Crippen molar-refractivity contribution >= 4 is 74.5 Å². The van der Waals surface area contributed by atoms with Crippen molar-refractivity contribution in [2.45, 2.75) is 43.4 Å². The highest BCUT2D eigenvalue weighted by Gasteiger charge is 2.26. The molecule has 4 N–H and O–H groups in total. The van der Waals surface area contributed by atoms with Crippen LogP contribution in [0.3, 0.4) is 0 Å². The summed E-state index contributed by atoms with van der Waals surface area (Å²) in [4.78, 5) is 57.7. The smallest absolute Gasteiger partial charge is 0.341 e. The Morgan fingerprint density at radius 1 is 0.898 bits per heavy atom. The van der Waals surface area contributed by atoms with E-state index in [0.29, 0.717) is 21.8 Å². The van der Waals surface area contributed by atoms with Crippen LogP contribution in [-0.4, -0.2) is 41.5 Å². The molecule has 0 bridgehead atoms. The first-order chi connectivity index (χ1) is 23.9. The summed E-state index contributed by atoms with van der Waals surface area (Å²) in [6, 6.07) is 23.6. The maximum Gasteiger partial charge on any atom is 0.341 e. The van der Waals surface area contributed by atoms with E-state index < -0.39 is 17.8 Å². The minimum absolute atomic E-state index is 0.0718. The van der Waals surface area contributed by atoms with Gasteiger partial charge in [-0.05, 0) is 73.7 Å². The van der Waals surface area contributed by atoms with E-state index in [0.717, 1.165) is 70.3 Å². The summed E-state index contributed by atoms with van der Waals surface area (Å²) in [5.74, 6) is -1.49. The number of methoxy groups -OCH3 is 1. The Morgan fingerprint density at radius 2 is 1.67 bits per heavy atom. The number of benzene rings is 3. The van der Waals surface area contributed by atoms with Crippen molar-refractivity contribution in [3.8, 4) is 0 Å². The number of rotatable bonds is 10. The quantitative estimate of drug-likeness (QED) is 0.0671. The molecule has 1 aliphatic rings. The van der Waals surface area contributed by atoms with Gasteiger partial charge in [-0.15, -0.1) is 23.1 Å². The molecule has 2 heterocycles. The number of para-hydroxylation sites is 1. The fraction of sp³-hybridized carbons (Fsp3) is 0.211. The van der Waals surface area contributed by atoms with Crippen molar-refractivity contribution in [2.24, 2.45) is 0 Å². The predicted molar refractivity (Wildman–Crippen MR) is 196 cm³/mol. The molecule has 11 heteroatoms. The molecule has 1 aliphatic carbocycles. The first-order valence-electron chi connectivity index (χ1n) is 16.1. The van der Waals surface area contributed by atoms with Crippen LogP contribution in [0.5, 0.6) is 0 Å². The number of thiophene rings is 1. The highest BCUT2D eigenvalue weighted by atomic mass is 32.2. The number of aromatic amines is 1. The predicted octanol–water partition coefficient (Wildman–Crippen LogP) is 7.82. The van der Waals surface area contributed by atoms with Crippen molar-refractivity contribution in [2.75, 3.05) is 23.5 Å². The second-order valence-electron chi connectivity index (χ2n) is 11.6. The van der Waals surface area contributed by atoms with Gasteiger partial charge in [-0.25, -0.2) is 4.79 Å². The second-order valence-corrected chi connectivity index (χ2v) is 13.8. The molecule has 250 valence electrons. The van der Waals surface area contributed by atoms with Crippen molar-refractivity contribution in [1.82, 2.24) is 10.3 Å². The maximum absolute atomic E-state index is 13.6. The van der Waals surface area contributed by atoms with Crippen LogP contribution < -0.4 is 16.0 Å². The summed E-state index contributed by atoms with van der Waals surface area (Å²) >= 11 is 2.78. The average molecular weight is 693 g/mol. The van der Waals surface area contributed by atoms with Gasteiger partial charge in [-0.3, -0.25) is 14.4 Å². The standard InChI is InChI=1S/C38H36N4O5S2/c1-47-38(46)34-29-17-7-2-3-8-19-32(29)49-37(34)42-33(43)23-48-27-15-11-14-26(21-27)40-36(45)31(41-35(44)24-12-5-4-6-13-24)20-25-22-39-30-18-10-9-16-28(25)30/h4-6,9-16,18,20-22,39H,2-3,7-8,17,19,23H2,1H3,(H,40,45)(H,41,44)(H,42,43)/b31-20-. The maximum atomic E-state index is 13.6. The highest BCUT2D eigenvalue weighted by Crippen LogP contribution is 2.38. The van der Waals surface area contributed by atoms with Crippen molar-refractivity contribution in [3.05, 3.63) is 118 Å². The second kappa shape index (κ2) is 15.8. The molecule has 2 aromatic heterocycles. The van der Waals surface area contributed by atoms with Gasteiger partial charge in [0.05, 0.1) is 18.4 Å². The van der Waals surface area contributed by atoms with Gasteiger partial charge < -0.3 is 25.7 Å². The molecule has 9 nitrogen and oxygen atoms in total. The fourth-order valence-corrected chi connectivity index (χ4v) is 7.86. The lowest BCUT2D eigenvalue weighted by atomic mass is 9.96. The zero-order chi connectivity index (χ0) is 34.2. The van der Waals surface area contributed by atoms with Gasteiger partial charge >= 0.3 is 5.97 Å². The number of carbonyl (C=O) groups excluding carboxylic acids is 4. The monoisotopic (exact) mass is 692 g/mol. The van der Waals surface area contributed by atoms with Crippen LogP contribution in [0.1, 0.15) is 62.4 Å². The van der Waals surface area contributed by atoms with Gasteiger partial charge in [0, 0.05) is 43.7 Å². The minimum Gasteiger partial charge on any atom is -0.465 e. The number of aryl methyl sites for hydroxylation is 1. The number of H-pyrrole nitrogens is 1. The molecule has 3 aromatic carbocycles. The number of anilines is 2. The number of esters is 1. The summed E-state index contributed by atoms with van der Waals surface area (Å²) < 4.78 is 5.09. The minimum atomic E-state index is -0.502. The van der Waals surface area contributed by atoms with Crippen molar-refractivity contribution in [3.63, 3.8) is 0 Å². The van der Waals surface area contributed by atoms with Crippen LogP contribution in [-0.2, 0) is 27.2 Å². The summed E-state index contributed by atoms with van der Waals surface area (Å²) in [6.45, 7) is 0. The van der Waals surface area contributed by atoms with E-state index in [4.69, 9.17) is 4.74 Å². The largest absolute Gasteiger partial charge is 0.465 e. The normalized spacial score (nSPS) is 13.1. The topological polar surface area (TPSA) is 129 Å². The van der Waals surface area contributed by atoms with Gasteiger partial charge in [0.25, 0.3) is 11.8 Å². The molecule has 0 aliphatic heterocycles. The third kappa shape index (κ3) is 8.30. The van der Waals surface area contributed by atoms with E-state index in [1.807, 2.05) is 36.4 Å². The molecule has 6 rings (SSSR count). The van der Waals surface area contributed by atoms with Crippen LogP contribution in [0.25, 0.3) is 17.0 Å². The van der Waals surface area contributed by atoms with Gasteiger partial charge in [-0.1, -0.05) is 55.3 Å². The van der Waals surface area contributed by atoms with E-state index in [-0.39, 0.29) is 17.4 Å². The van der Waals surface area contributed by atoms with Crippen LogP contribution in [0.15, 0.2) is 95.7 Å². The zero-order valence-corrected chi connectivity index (χ0v) is 28.6. The molecule has 0 spiro atoms. The third-order valence-corrected chi connectivity index (χ3v) is 10.4. The molecule has 5 aromatic rings. The molecule has 0 fully saturated rings. The summed E-state index contributed by atoms with van der Waals surface area (Å²) in [6.07, 6.45) is 9.47. The van der Waals surface area contributed by atoms with Crippen molar-refractivity contribution in [1.29, 1.82) is 0 Å². The lowest BCUT2D eigenvalue weighted by molar-refractivity contribution is -0.114. The number of hydrogen-bond donors (Lipinski definition) is 4. The molecule has 0 atom stereocenters. The number of fused-ring (bicyclic) bond motifs is 2. The highest BCUT2D eigenvalue weighted by molar-refractivity contribution is 8.00. The SMILES string of the molecule is COC(=O)c1c(NC(=O)CSc2cccc(NC(=O)/C(=C/c3c[nH]c4ccccc34)NC(=O)c3ccccc3)c2)sc2c1CCCCCC2. The molecule has 3 amide bonds. The van der Waals surface area contributed by atoms with Crippen molar-refractivity contribution < 1.29 is 23.9 Å². The number of carbonyl (C=O) groups is 4. The molecule has 0 saturated carbocycles. The molecule has 0 radical (unpaired) electrons. The van der Waals surface area contributed by atoms with Crippen LogP contribution in [0.2, 0.25) is 0 Å². The number of aromatic nitrogens is 1. The van der Waals surface area contributed by atoms with Gasteiger partial charge in [0.15, 0.2) is 0 Å². The average Bonchev–Trinajstić information content (AvgIpc) is 3.67. The Kier molecular flexibility index (Phi) is 10.9. The number of amides is 3. The molecule has 0 unspecified atom stereocenters. The van der Waals surface area contributed by atoms with E-state index in [9.17, 15) is 19.2 Å². The Hall–Kier alpha value is -5.13. The Labute approximate surface area is 292 Å². The molecule has 0 saturated heterocycles. The van der Waals surface area contributed by atoms with E-state index in [2.05, 4.69) is 20.9 Å². The Morgan fingerprint density at radius 3 is 2.49 bits per heavy atom. The lowest BCUT2D eigenvalue weighted by Crippen LogP contribution is -2.30. The number of hydrogen-bond acceptors (Lipinski definition) is 7. The Balaban J connectivity index is 1.15. The van der Waals surface area contributed by atoms with E-state index >= 15 is 0 Å². The van der Waals surface area contributed by atoms with E-state index in [1.165, 1.54) is 30.2 Å². The van der Waals surface area contributed by atoms with Crippen LogP contribution in [0.4, 0.5) is 10.7 Å². The number of thioether (sulfide) groups is 1. The third-order valence-electron chi connectivity index (χ3n) is 8.23. The summed E-state index contributed by atoms with van der Waals surface area (Å²) in [5.41, 5.74) is 4.12. The zero-order valence-electron chi connectivity index (χ0n) is 27.0. The fourth-order valence-electron chi connectivity index (χ4n) is 5.81. The van der Waals surface area contributed by atoms with Gasteiger partial charge in [-0.2, -0.15) is 0 Å². The lowest BCUT2D eigenvalue weighted by Gasteiger charge is -2.12. The summed E-state index contributed by atoms with van der Waals surface area (Å²) in [5, 5.41) is 10.1. The molecule has 49 heavy (non-hydrogen) atoms. The van der Waals surface area contributed by atoms with Crippen LogP contribution in [0, 0.1) is 0 Å². The molecular weight excluding hydrogens is 657 g/mol. The molecular formula is C38H36N4O5S2. The number of ether oxygens (including phenoxy) is 1. The van der Waals surface area contributed by atoms with E-state index in [1.54, 1.807) is 54.7 Å². The van der Waals surface area contributed by atoms with Gasteiger partial charge in [0.1, 0.15) is 10.7 Å². The first-order valence-corrected chi connectivity index (χ1v) is 17.9. The number of nitrogens with one attached hydrogen (secondary N) is 4. The Bertz CT molecular complexity index is 2030.